The third-order valence-electron chi connectivity index (χ3n) is 2.96. The fourth-order valence-electron chi connectivity index (χ4n) is 1.91. The maximum atomic E-state index is 12.1. The molecule has 1 rings (SSSR count). The highest BCUT2D eigenvalue weighted by Gasteiger charge is 2.14. The van der Waals surface area contributed by atoms with Gasteiger partial charge >= 0.3 is 5.97 Å². The van der Waals surface area contributed by atoms with Crippen molar-refractivity contribution in [3.05, 3.63) is 42.0 Å². The molecule has 1 aromatic rings. The highest BCUT2D eigenvalue weighted by Crippen LogP contribution is 2.15. The van der Waals surface area contributed by atoms with Crippen molar-refractivity contribution in [2.45, 2.75) is 13.8 Å². The molecule has 1 amide bonds. The van der Waals surface area contributed by atoms with Crippen LogP contribution in [0.25, 0.3) is 0 Å². The monoisotopic (exact) mass is 290 g/mol. The number of carbonyl (C=O) groups excluding carboxylic acids is 2. The van der Waals surface area contributed by atoms with Crippen LogP contribution in [0.1, 0.15) is 24.2 Å². The molecule has 5 heteroatoms. The zero-order valence-corrected chi connectivity index (χ0v) is 12.8. The van der Waals surface area contributed by atoms with Crippen molar-refractivity contribution in [2.24, 2.45) is 0 Å². The number of nitrogens with zero attached hydrogens (tertiary/aromatic N) is 1. The summed E-state index contributed by atoms with van der Waals surface area (Å²) in [5.74, 6) is -0.472. The molecule has 0 spiro atoms. The lowest BCUT2D eigenvalue weighted by molar-refractivity contribution is -0.128. The first-order valence-corrected chi connectivity index (χ1v) is 6.83. The van der Waals surface area contributed by atoms with Crippen molar-refractivity contribution >= 4 is 17.6 Å². The first-order valence-electron chi connectivity index (χ1n) is 6.83. The molecule has 21 heavy (non-hydrogen) atoms. The van der Waals surface area contributed by atoms with Crippen LogP contribution in [0.2, 0.25) is 0 Å². The van der Waals surface area contributed by atoms with E-state index in [4.69, 9.17) is 4.74 Å². The van der Waals surface area contributed by atoms with E-state index in [0.717, 1.165) is 5.57 Å². The zero-order chi connectivity index (χ0) is 15.8. The third kappa shape index (κ3) is 4.95. The lowest BCUT2D eigenvalue weighted by atomic mass is 10.2. The number of para-hydroxylation sites is 1. The Hall–Kier alpha value is -2.30. The van der Waals surface area contributed by atoms with Crippen LogP contribution >= 0.6 is 0 Å². The molecule has 0 bridgehead atoms. The Morgan fingerprint density at radius 2 is 2.00 bits per heavy atom. The maximum absolute atomic E-state index is 12.1. The topological polar surface area (TPSA) is 58.6 Å². The van der Waals surface area contributed by atoms with Gasteiger partial charge in [0.2, 0.25) is 5.91 Å². The van der Waals surface area contributed by atoms with Gasteiger partial charge < -0.3 is 15.0 Å². The largest absolute Gasteiger partial charge is 0.465 e. The molecule has 0 heterocycles. The van der Waals surface area contributed by atoms with Gasteiger partial charge in [0.25, 0.3) is 0 Å². The minimum atomic E-state index is -0.431. The van der Waals surface area contributed by atoms with Gasteiger partial charge in [-0.25, -0.2) is 4.79 Å². The van der Waals surface area contributed by atoms with Gasteiger partial charge in [0, 0.05) is 18.8 Å². The summed E-state index contributed by atoms with van der Waals surface area (Å²) in [7, 11) is 1.33. The summed E-state index contributed by atoms with van der Waals surface area (Å²) in [6.07, 6.45) is 0. The minimum absolute atomic E-state index is 0.0415. The third-order valence-corrected chi connectivity index (χ3v) is 2.96. The van der Waals surface area contributed by atoms with Crippen LogP contribution < -0.4 is 5.32 Å². The Kier molecular flexibility index (Phi) is 6.46. The second-order valence-electron chi connectivity index (χ2n) is 4.76. The molecule has 0 radical (unpaired) electrons. The molecule has 114 valence electrons. The number of esters is 1. The first kappa shape index (κ1) is 16.8. The molecule has 0 aliphatic heterocycles. The van der Waals surface area contributed by atoms with E-state index in [0.29, 0.717) is 24.3 Å². The minimum Gasteiger partial charge on any atom is -0.465 e. The molecular formula is C16H22N2O3. The van der Waals surface area contributed by atoms with Crippen molar-refractivity contribution < 1.29 is 14.3 Å². The molecule has 0 aromatic heterocycles. The van der Waals surface area contributed by atoms with Crippen LogP contribution in [0.4, 0.5) is 5.69 Å². The summed E-state index contributed by atoms with van der Waals surface area (Å²) >= 11 is 0. The van der Waals surface area contributed by atoms with Crippen LogP contribution in [0.5, 0.6) is 0 Å². The smallest absolute Gasteiger partial charge is 0.339 e. The van der Waals surface area contributed by atoms with Crippen LogP contribution in [-0.2, 0) is 9.53 Å². The Morgan fingerprint density at radius 3 is 2.57 bits per heavy atom. The Balaban J connectivity index is 2.72. The van der Waals surface area contributed by atoms with E-state index < -0.39 is 5.97 Å². The molecule has 0 aliphatic rings. The quantitative estimate of drug-likeness (QED) is 0.618. The highest BCUT2D eigenvalue weighted by molar-refractivity contribution is 5.96. The van der Waals surface area contributed by atoms with Gasteiger partial charge in [-0.05, 0) is 26.0 Å². The summed E-state index contributed by atoms with van der Waals surface area (Å²) < 4.78 is 4.72. The number of hydrogen-bond donors (Lipinski definition) is 1. The fraction of sp³-hybridized carbons (Fsp3) is 0.375. The molecule has 0 saturated heterocycles. The van der Waals surface area contributed by atoms with E-state index in [1.54, 1.807) is 29.2 Å². The average Bonchev–Trinajstić information content (AvgIpc) is 2.49. The number of ether oxygens (including phenoxy) is 1. The van der Waals surface area contributed by atoms with E-state index >= 15 is 0 Å². The predicted octanol–water partition coefficient (Wildman–Crippen LogP) is 2.31. The normalized spacial score (nSPS) is 9.86. The fourth-order valence-corrected chi connectivity index (χ4v) is 1.91. The van der Waals surface area contributed by atoms with Gasteiger partial charge in [-0.1, -0.05) is 24.3 Å². The van der Waals surface area contributed by atoms with Crippen LogP contribution in [0.3, 0.4) is 0 Å². The van der Waals surface area contributed by atoms with Crippen LogP contribution in [0, 0.1) is 0 Å². The Morgan fingerprint density at radius 1 is 1.33 bits per heavy atom. The summed E-state index contributed by atoms with van der Waals surface area (Å²) in [6.45, 7) is 8.90. The average molecular weight is 290 g/mol. The molecule has 0 aliphatic carbocycles. The van der Waals surface area contributed by atoms with E-state index in [9.17, 15) is 9.59 Å². The van der Waals surface area contributed by atoms with Crippen molar-refractivity contribution in [3.63, 3.8) is 0 Å². The number of benzene rings is 1. The second kappa shape index (κ2) is 8.09. The van der Waals surface area contributed by atoms with Crippen molar-refractivity contribution in [1.29, 1.82) is 0 Å². The number of carbonyl (C=O) groups is 2. The molecule has 1 N–H and O–H groups in total. The van der Waals surface area contributed by atoms with Crippen molar-refractivity contribution in [1.82, 2.24) is 4.90 Å². The lowest BCUT2D eigenvalue weighted by Crippen LogP contribution is -2.36. The Labute approximate surface area is 125 Å². The number of anilines is 1. The molecule has 0 fully saturated rings. The summed E-state index contributed by atoms with van der Waals surface area (Å²) in [6, 6.07) is 6.95. The van der Waals surface area contributed by atoms with Crippen molar-refractivity contribution in [2.75, 3.05) is 32.1 Å². The number of rotatable bonds is 7. The molecular weight excluding hydrogens is 268 g/mol. The molecule has 5 nitrogen and oxygen atoms in total. The number of likely N-dealkylation sites (N-methyl/N-ethyl adjacent to an activating group) is 1. The molecule has 0 unspecified atom stereocenters. The second-order valence-corrected chi connectivity index (χ2v) is 4.76. The standard InChI is InChI=1S/C16H22N2O3/c1-5-18(11-12(2)3)15(19)10-17-14-9-7-6-8-13(14)16(20)21-4/h6-9,17H,2,5,10-11H2,1,3-4H3. The van der Waals surface area contributed by atoms with Gasteiger partial charge in [-0.15, -0.1) is 0 Å². The Bertz CT molecular complexity index is 526. The van der Waals surface area contributed by atoms with Gasteiger partial charge in [0.15, 0.2) is 0 Å². The maximum Gasteiger partial charge on any atom is 0.339 e. The summed E-state index contributed by atoms with van der Waals surface area (Å²) in [5.41, 5.74) is 1.93. The SMILES string of the molecule is C=C(C)CN(CC)C(=O)CNc1ccccc1C(=O)OC. The van der Waals surface area contributed by atoms with Crippen LogP contribution in [-0.4, -0.2) is 43.5 Å². The van der Waals surface area contributed by atoms with Gasteiger partial charge in [-0.2, -0.15) is 0 Å². The number of amides is 1. The number of nitrogens with one attached hydrogen (secondary N) is 1. The first-order chi connectivity index (χ1) is 9.99. The number of methoxy groups -OCH3 is 1. The summed E-state index contributed by atoms with van der Waals surface area (Å²) in [5, 5.41) is 2.99. The number of hydrogen-bond acceptors (Lipinski definition) is 4. The van der Waals surface area contributed by atoms with E-state index in [1.807, 2.05) is 13.8 Å². The lowest BCUT2D eigenvalue weighted by Gasteiger charge is -2.21. The van der Waals surface area contributed by atoms with E-state index in [-0.39, 0.29) is 12.5 Å². The zero-order valence-electron chi connectivity index (χ0n) is 12.8. The van der Waals surface area contributed by atoms with Crippen LogP contribution in [0.15, 0.2) is 36.4 Å². The molecule has 0 saturated carbocycles. The summed E-state index contributed by atoms with van der Waals surface area (Å²) in [4.78, 5) is 25.5. The highest BCUT2D eigenvalue weighted by atomic mass is 16.5. The van der Waals surface area contributed by atoms with E-state index in [2.05, 4.69) is 11.9 Å². The molecule has 0 atom stereocenters. The van der Waals surface area contributed by atoms with E-state index in [1.165, 1.54) is 7.11 Å². The predicted molar refractivity (Wildman–Crippen MR) is 83.3 cm³/mol. The molecule has 1 aromatic carbocycles. The van der Waals surface area contributed by atoms with Gasteiger partial charge in [0.1, 0.15) is 0 Å². The van der Waals surface area contributed by atoms with Gasteiger partial charge in [-0.3, -0.25) is 4.79 Å². The van der Waals surface area contributed by atoms with Gasteiger partial charge in [0.05, 0.1) is 19.2 Å². The van der Waals surface area contributed by atoms with Crippen molar-refractivity contribution in [3.8, 4) is 0 Å².